The van der Waals surface area contributed by atoms with Crippen molar-refractivity contribution in [3.8, 4) is 17.0 Å². The van der Waals surface area contributed by atoms with Gasteiger partial charge in [0.25, 0.3) is 0 Å². The third kappa shape index (κ3) is 5.69. The Morgan fingerprint density at radius 1 is 1.20 bits per heavy atom. The summed E-state index contributed by atoms with van der Waals surface area (Å²) in [6, 6.07) is 5.25. The van der Waals surface area contributed by atoms with Crippen molar-refractivity contribution in [3.63, 3.8) is 0 Å². The molecule has 2 aromatic heterocycles. The smallest absolute Gasteiger partial charge is 0.355 e. The van der Waals surface area contributed by atoms with Crippen LogP contribution in [0.3, 0.4) is 0 Å². The molecule has 2 bridgehead atoms. The summed E-state index contributed by atoms with van der Waals surface area (Å²) >= 11 is 0. The van der Waals surface area contributed by atoms with E-state index in [-0.39, 0.29) is 58.3 Å². The lowest BCUT2D eigenvalue weighted by Gasteiger charge is -2.40. The van der Waals surface area contributed by atoms with Crippen molar-refractivity contribution in [1.29, 1.82) is 0 Å². The first-order chi connectivity index (χ1) is 21.2. The van der Waals surface area contributed by atoms with E-state index >= 15 is 8.78 Å². The van der Waals surface area contributed by atoms with Crippen LogP contribution in [-0.4, -0.2) is 64.3 Å². The Bertz CT molecular complexity index is 1790. The largest absolute Gasteiger partial charge is 0.492 e. The van der Waals surface area contributed by atoms with Gasteiger partial charge in [-0.2, -0.15) is 4.98 Å². The Morgan fingerprint density at radius 2 is 2.00 bits per heavy atom. The Labute approximate surface area is 254 Å². The van der Waals surface area contributed by atoms with Gasteiger partial charge in [-0.15, -0.1) is 0 Å². The summed E-state index contributed by atoms with van der Waals surface area (Å²) in [4.78, 5) is 42.9. The lowest BCUT2D eigenvalue weighted by atomic mass is 10.0. The summed E-state index contributed by atoms with van der Waals surface area (Å²) in [7, 11) is 0. The molecule has 0 radical (unpaired) electrons. The number of rotatable bonds is 5. The number of amides is 1. The first-order valence-electron chi connectivity index (χ1n) is 14.4. The maximum Gasteiger partial charge on any atom is 0.355 e. The predicted octanol–water partition coefficient (Wildman–Crippen LogP) is 5.38. The topological polar surface area (TPSA) is 92.9 Å². The van der Waals surface area contributed by atoms with Crippen molar-refractivity contribution in [3.05, 3.63) is 89.0 Å². The molecule has 2 aliphatic heterocycles. The highest BCUT2D eigenvalue weighted by Crippen LogP contribution is 2.37. The first-order valence-corrected chi connectivity index (χ1v) is 14.4. The maximum atomic E-state index is 16.1. The van der Waals surface area contributed by atoms with E-state index in [1.165, 1.54) is 35.0 Å². The zero-order valence-electron chi connectivity index (χ0n) is 25.0. The molecule has 11 heteroatoms. The molecule has 228 valence electrons. The summed E-state index contributed by atoms with van der Waals surface area (Å²) in [6.07, 6.45) is 8.68. The molecule has 9 nitrogen and oxygen atoms in total. The number of benzene rings is 1. The molecule has 2 aliphatic rings. The van der Waals surface area contributed by atoms with Crippen LogP contribution >= 0.6 is 0 Å². The van der Waals surface area contributed by atoms with Gasteiger partial charge < -0.3 is 14.5 Å². The minimum absolute atomic E-state index is 0.108. The number of fused-ring (bicyclic) bond motifs is 3. The minimum atomic E-state index is -0.798. The molecule has 3 aromatic rings. The quantitative estimate of drug-likeness (QED) is 0.289. The van der Waals surface area contributed by atoms with Gasteiger partial charge in [-0.05, 0) is 61.9 Å². The van der Waals surface area contributed by atoms with E-state index in [0.717, 1.165) is 0 Å². The minimum Gasteiger partial charge on any atom is -0.492 e. The highest BCUT2D eigenvalue weighted by Gasteiger charge is 2.31. The number of piperazine rings is 1. The summed E-state index contributed by atoms with van der Waals surface area (Å²) in [5.74, 6) is -1.57. The number of ether oxygens (including phenoxy) is 1. The maximum absolute atomic E-state index is 16.1. The predicted molar refractivity (Wildman–Crippen MR) is 169 cm³/mol. The number of anilines is 1. The zero-order valence-corrected chi connectivity index (χ0v) is 25.0. The number of aliphatic imine (C=N–C) groups is 1. The Kier molecular flexibility index (Phi) is 8.84. The van der Waals surface area contributed by atoms with Crippen LogP contribution in [0.1, 0.15) is 27.2 Å². The molecule has 1 saturated heterocycles. The standard InChI is InChI=1S/C33H34F2N6O3/c1-6-27(42)39-15-16-40(21(4)19-39)31-23-18-25(35)29-28-24(34)11-9-12-26(28)44-17-8-7-10-22(13-14-36-5)30(20(2)3)41(32(23)37-29)33(43)38-31/h6-7,9-14,18,20-21H,1,5,8,15-17,19H2,2-4H3/b10-7-,14-13-,30-22+/t21-/m0/s1. The van der Waals surface area contributed by atoms with Crippen molar-refractivity contribution >= 4 is 35.2 Å². The third-order valence-electron chi connectivity index (χ3n) is 7.68. The molecule has 0 unspecified atom stereocenters. The summed E-state index contributed by atoms with van der Waals surface area (Å²) in [6.45, 7) is 14.1. The molecular formula is C33H34F2N6O3. The molecule has 0 aliphatic carbocycles. The van der Waals surface area contributed by atoms with E-state index in [1.54, 1.807) is 17.0 Å². The van der Waals surface area contributed by atoms with Crippen molar-refractivity contribution in [2.45, 2.75) is 33.2 Å². The van der Waals surface area contributed by atoms with Crippen LogP contribution in [0.2, 0.25) is 0 Å². The number of nitrogens with zero attached hydrogens (tertiary/aromatic N) is 6. The van der Waals surface area contributed by atoms with Crippen LogP contribution in [-0.2, 0) is 4.79 Å². The van der Waals surface area contributed by atoms with Crippen molar-refractivity contribution in [2.24, 2.45) is 10.9 Å². The molecule has 1 atom stereocenters. The molecule has 0 N–H and O–H groups in total. The Hall–Kier alpha value is -4.93. The second-order valence-electron chi connectivity index (χ2n) is 10.9. The number of hydrogen-bond donors (Lipinski definition) is 0. The van der Waals surface area contributed by atoms with Crippen LogP contribution in [0.5, 0.6) is 5.75 Å². The van der Waals surface area contributed by atoms with Gasteiger partial charge >= 0.3 is 5.69 Å². The Balaban J connectivity index is 1.87. The van der Waals surface area contributed by atoms with Gasteiger partial charge in [0.15, 0.2) is 11.5 Å². The third-order valence-corrected chi connectivity index (χ3v) is 7.68. The van der Waals surface area contributed by atoms with Crippen molar-refractivity contribution < 1.29 is 18.3 Å². The fourth-order valence-corrected chi connectivity index (χ4v) is 5.70. The van der Waals surface area contributed by atoms with Gasteiger partial charge in [0.05, 0.1) is 17.6 Å². The monoisotopic (exact) mass is 600 g/mol. The fourth-order valence-electron chi connectivity index (χ4n) is 5.70. The second kappa shape index (κ2) is 12.7. The lowest BCUT2D eigenvalue weighted by Crippen LogP contribution is -2.54. The zero-order chi connectivity index (χ0) is 31.5. The Morgan fingerprint density at radius 3 is 2.70 bits per heavy atom. The van der Waals surface area contributed by atoms with Gasteiger partial charge in [0.1, 0.15) is 23.1 Å². The molecular weight excluding hydrogens is 566 g/mol. The van der Waals surface area contributed by atoms with E-state index in [9.17, 15) is 9.59 Å². The van der Waals surface area contributed by atoms with Gasteiger partial charge in [0.2, 0.25) is 5.91 Å². The van der Waals surface area contributed by atoms with Crippen LogP contribution in [0.4, 0.5) is 14.6 Å². The summed E-state index contributed by atoms with van der Waals surface area (Å²) in [5, 5.41) is 0.266. The number of carbonyl (C=O) groups excluding carboxylic acids is 1. The van der Waals surface area contributed by atoms with Crippen LogP contribution in [0.15, 0.2) is 76.7 Å². The highest BCUT2D eigenvalue weighted by molar-refractivity contribution is 5.92. The van der Waals surface area contributed by atoms with E-state index in [1.807, 2.05) is 37.8 Å². The molecule has 4 heterocycles. The normalized spacial score (nSPS) is 19.7. The van der Waals surface area contributed by atoms with Gasteiger partial charge in [-0.25, -0.2) is 23.1 Å². The molecule has 5 rings (SSSR count). The van der Waals surface area contributed by atoms with Crippen molar-refractivity contribution in [1.82, 2.24) is 19.4 Å². The number of carbonyl (C=O) groups is 1. The highest BCUT2D eigenvalue weighted by atomic mass is 19.1. The average Bonchev–Trinajstić information content (AvgIpc) is 3.00. The molecule has 1 fully saturated rings. The number of pyridine rings is 1. The first kappa shape index (κ1) is 30.5. The van der Waals surface area contributed by atoms with E-state index in [4.69, 9.17) is 4.74 Å². The lowest BCUT2D eigenvalue weighted by molar-refractivity contribution is -0.126. The molecule has 1 amide bonds. The molecule has 1 aromatic carbocycles. The average molecular weight is 601 g/mol. The van der Waals surface area contributed by atoms with Crippen molar-refractivity contribution in [2.75, 3.05) is 31.1 Å². The fraction of sp³-hybridized carbons (Fsp3) is 0.303. The number of halogens is 2. The van der Waals surface area contributed by atoms with Gasteiger partial charge in [-0.1, -0.05) is 38.6 Å². The summed E-state index contributed by atoms with van der Waals surface area (Å²) in [5.41, 5.74) is 0.239. The summed E-state index contributed by atoms with van der Waals surface area (Å²) < 4.78 is 38.8. The van der Waals surface area contributed by atoms with Crippen LogP contribution in [0.25, 0.3) is 28.0 Å². The SMILES string of the molecule is C=CC(=O)N1CCN(c2nc(=O)n3c4nc(c(F)cc24)-c2c(F)cccc2OCC\C=C/C(/C=C\N=C)=C\3C(C)C)[C@@H](C)C1. The van der Waals surface area contributed by atoms with E-state index in [0.29, 0.717) is 37.3 Å². The van der Waals surface area contributed by atoms with Gasteiger partial charge in [-0.3, -0.25) is 9.79 Å². The second-order valence-corrected chi connectivity index (χ2v) is 10.9. The number of aromatic nitrogens is 3. The van der Waals surface area contributed by atoms with Crippen LogP contribution < -0.4 is 15.3 Å². The van der Waals surface area contributed by atoms with E-state index in [2.05, 4.69) is 28.3 Å². The van der Waals surface area contributed by atoms with Crippen LogP contribution in [0, 0.1) is 17.6 Å². The van der Waals surface area contributed by atoms with Gasteiger partial charge in [0, 0.05) is 37.6 Å². The molecule has 0 saturated carbocycles. The van der Waals surface area contributed by atoms with E-state index < -0.39 is 17.3 Å². The molecule has 0 spiro atoms. The molecule has 44 heavy (non-hydrogen) atoms. The number of allylic oxidation sites excluding steroid dienone is 4. The number of hydrogen-bond acceptors (Lipinski definition) is 7.